The summed E-state index contributed by atoms with van der Waals surface area (Å²) in [7, 11) is 0. The smallest absolute Gasteiger partial charge is 0.222 e. The van der Waals surface area contributed by atoms with Gasteiger partial charge in [0.1, 0.15) is 0 Å². The molecule has 116 valence electrons. The number of carbonyl (C=O) groups is 1. The fourth-order valence-electron chi connectivity index (χ4n) is 2.72. The van der Waals surface area contributed by atoms with E-state index in [1.807, 2.05) is 13.8 Å². The lowest BCUT2D eigenvalue weighted by molar-refractivity contribution is -0.123. The molecule has 21 heavy (non-hydrogen) atoms. The Kier molecular flexibility index (Phi) is 6.24. The average molecular weight is 288 g/mol. The van der Waals surface area contributed by atoms with Crippen LogP contribution in [-0.4, -0.2) is 30.4 Å². The molecule has 3 nitrogen and oxygen atoms in total. The SMILES string of the molecule is CC(C)C(=O)NCCc1ccc(CN2CCCCC2)cc1. The molecule has 0 bridgehead atoms. The lowest BCUT2D eigenvalue weighted by Crippen LogP contribution is -2.29. The number of hydrogen-bond acceptors (Lipinski definition) is 2. The van der Waals surface area contributed by atoms with Gasteiger partial charge in [0, 0.05) is 19.0 Å². The molecule has 0 aromatic heterocycles. The van der Waals surface area contributed by atoms with Crippen molar-refractivity contribution in [3.05, 3.63) is 35.4 Å². The largest absolute Gasteiger partial charge is 0.356 e. The minimum Gasteiger partial charge on any atom is -0.356 e. The minimum atomic E-state index is 0.0666. The zero-order valence-electron chi connectivity index (χ0n) is 13.4. The summed E-state index contributed by atoms with van der Waals surface area (Å²) in [4.78, 5) is 14.0. The molecule has 3 heteroatoms. The van der Waals surface area contributed by atoms with Crippen molar-refractivity contribution in [3.8, 4) is 0 Å². The van der Waals surface area contributed by atoms with Crippen molar-refractivity contribution >= 4 is 5.91 Å². The highest BCUT2D eigenvalue weighted by molar-refractivity contribution is 5.77. The third-order valence-electron chi connectivity index (χ3n) is 4.12. The molecule has 0 radical (unpaired) electrons. The molecule has 1 amide bonds. The third kappa shape index (κ3) is 5.50. The van der Waals surface area contributed by atoms with E-state index in [1.54, 1.807) is 0 Å². The number of rotatable bonds is 6. The van der Waals surface area contributed by atoms with Gasteiger partial charge in [-0.05, 0) is 43.5 Å². The maximum Gasteiger partial charge on any atom is 0.222 e. The summed E-state index contributed by atoms with van der Waals surface area (Å²) in [6.07, 6.45) is 4.97. The van der Waals surface area contributed by atoms with E-state index < -0.39 is 0 Å². The number of hydrogen-bond donors (Lipinski definition) is 1. The first-order chi connectivity index (χ1) is 10.1. The van der Waals surface area contributed by atoms with E-state index in [4.69, 9.17) is 0 Å². The Morgan fingerprint density at radius 3 is 2.33 bits per heavy atom. The quantitative estimate of drug-likeness (QED) is 0.873. The van der Waals surface area contributed by atoms with E-state index in [0.29, 0.717) is 0 Å². The fraction of sp³-hybridized carbons (Fsp3) is 0.611. The molecule has 2 rings (SSSR count). The number of likely N-dealkylation sites (tertiary alicyclic amines) is 1. The molecule has 1 aliphatic rings. The molecule has 0 spiro atoms. The molecular weight excluding hydrogens is 260 g/mol. The van der Waals surface area contributed by atoms with Crippen molar-refractivity contribution in [3.63, 3.8) is 0 Å². The summed E-state index contributed by atoms with van der Waals surface area (Å²) in [5, 5.41) is 2.96. The molecule has 0 saturated carbocycles. The maximum atomic E-state index is 11.5. The summed E-state index contributed by atoms with van der Waals surface area (Å²) in [5.41, 5.74) is 2.69. The standard InChI is InChI=1S/C18H28N2O/c1-15(2)18(21)19-11-10-16-6-8-17(9-7-16)14-20-12-4-3-5-13-20/h6-9,15H,3-5,10-14H2,1-2H3,(H,19,21). The van der Waals surface area contributed by atoms with Crippen LogP contribution in [0.5, 0.6) is 0 Å². The lowest BCUT2D eigenvalue weighted by atomic mass is 10.1. The van der Waals surface area contributed by atoms with Crippen molar-refractivity contribution in [2.24, 2.45) is 5.92 Å². The number of amides is 1. The van der Waals surface area contributed by atoms with Gasteiger partial charge in [-0.2, -0.15) is 0 Å². The van der Waals surface area contributed by atoms with Gasteiger partial charge in [0.25, 0.3) is 0 Å². The number of carbonyl (C=O) groups excluding carboxylic acids is 1. The Morgan fingerprint density at radius 1 is 1.10 bits per heavy atom. The molecule has 0 unspecified atom stereocenters. The topological polar surface area (TPSA) is 32.3 Å². The molecule has 1 aromatic rings. The van der Waals surface area contributed by atoms with Crippen LogP contribution in [0.15, 0.2) is 24.3 Å². The molecule has 1 aromatic carbocycles. The summed E-state index contributed by atoms with van der Waals surface area (Å²) in [6, 6.07) is 8.85. The normalized spacial score (nSPS) is 16.1. The van der Waals surface area contributed by atoms with Crippen molar-refractivity contribution in [1.29, 1.82) is 0 Å². The number of piperidine rings is 1. The van der Waals surface area contributed by atoms with Crippen LogP contribution in [0, 0.1) is 5.92 Å². The van der Waals surface area contributed by atoms with Crippen LogP contribution in [0.1, 0.15) is 44.2 Å². The van der Waals surface area contributed by atoms with E-state index in [1.165, 1.54) is 43.5 Å². The maximum absolute atomic E-state index is 11.5. The van der Waals surface area contributed by atoms with Gasteiger partial charge in [0.15, 0.2) is 0 Å². The molecular formula is C18H28N2O. The van der Waals surface area contributed by atoms with E-state index in [0.717, 1.165) is 19.5 Å². The second-order valence-corrected chi connectivity index (χ2v) is 6.35. The van der Waals surface area contributed by atoms with Crippen LogP contribution in [0.25, 0.3) is 0 Å². The average Bonchev–Trinajstić information content (AvgIpc) is 2.50. The second kappa shape index (κ2) is 8.18. The second-order valence-electron chi connectivity index (χ2n) is 6.35. The summed E-state index contributed by atoms with van der Waals surface area (Å²) in [6.45, 7) is 8.12. The van der Waals surface area contributed by atoms with E-state index in [2.05, 4.69) is 34.5 Å². The van der Waals surface area contributed by atoms with Crippen LogP contribution in [-0.2, 0) is 17.8 Å². The van der Waals surface area contributed by atoms with Crippen LogP contribution in [0.4, 0.5) is 0 Å². The number of nitrogens with one attached hydrogen (secondary N) is 1. The summed E-state index contributed by atoms with van der Waals surface area (Å²) in [5.74, 6) is 0.202. The Morgan fingerprint density at radius 2 is 1.71 bits per heavy atom. The number of benzene rings is 1. The zero-order valence-corrected chi connectivity index (χ0v) is 13.4. The van der Waals surface area contributed by atoms with Crippen molar-refractivity contribution in [2.75, 3.05) is 19.6 Å². The minimum absolute atomic E-state index is 0.0666. The molecule has 1 N–H and O–H groups in total. The first kappa shape index (κ1) is 16.0. The predicted molar refractivity (Wildman–Crippen MR) is 87.1 cm³/mol. The molecule has 0 atom stereocenters. The first-order valence-corrected chi connectivity index (χ1v) is 8.23. The Balaban J connectivity index is 1.75. The molecule has 1 fully saturated rings. The van der Waals surface area contributed by atoms with Crippen LogP contribution in [0.2, 0.25) is 0 Å². The van der Waals surface area contributed by atoms with Gasteiger partial charge in [0.05, 0.1) is 0 Å². The Bertz CT molecular complexity index is 433. The van der Waals surface area contributed by atoms with Gasteiger partial charge in [-0.3, -0.25) is 9.69 Å². The van der Waals surface area contributed by atoms with Crippen LogP contribution >= 0.6 is 0 Å². The molecule has 1 saturated heterocycles. The van der Waals surface area contributed by atoms with Crippen LogP contribution < -0.4 is 5.32 Å². The highest BCUT2D eigenvalue weighted by Gasteiger charge is 2.10. The molecule has 0 aliphatic carbocycles. The third-order valence-corrected chi connectivity index (χ3v) is 4.12. The van der Waals surface area contributed by atoms with Gasteiger partial charge in [-0.25, -0.2) is 0 Å². The lowest BCUT2D eigenvalue weighted by Gasteiger charge is -2.26. The zero-order chi connectivity index (χ0) is 15.1. The van der Waals surface area contributed by atoms with Gasteiger partial charge in [-0.1, -0.05) is 44.5 Å². The fourth-order valence-corrected chi connectivity index (χ4v) is 2.72. The van der Waals surface area contributed by atoms with Gasteiger partial charge >= 0.3 is 0 Å². The highest BCUT2D eigenvalue weighted by Crippen LogP contribution is 2.13. The van der Waals surface area contributed by atoms with E-state index in [-0.39, 0.29) is 11.8 Å². The van der Waals surface area contributed by atoms with Gasteiger partial charge in [0.2, 0.25) is 5.91 Å². The Hall–Kier alpha value is -1.35. The van der Waals surface area contributed by atoms with E-state index in [9.17, 15) is 4.79 Å². The summed E-state index contributed by atoms with van der Waals surface area (Å²) < 4.78 is 0. The Labute approximate surface area is 128 Å². The van der Waals surface area contributed by atoms with Crippen LogP contribution in [0.3, 0.4) is 0 Å². The summed E-state index contributed by atoms with van der Waals surface area (Å²) >= 11 is 0. The highest BCUT2D eigenvalue weighted by atomic mass is 16.1. The van der Waals surface area contributed by atoms with Crippen molar-refractivity contribution in [1.82, 2.24) is 10.2 Å². The monoisotopic (exact) mass is 288 g/mol. The molecule has 1 aliphatic heterocycles. The number of nitrogens with zero attached hydrogens (tertiary/aromatic N) is 1. The molecule has 1 heterocycles. The van der Waals surface area contributed by atoms with Crippen molar-refractivity contribution in [2.45, 2.75) is 46.1 Å². The first-order valence-electron chi connectivity index (χ1n) is 8.23. The van der Waals surface area contributed by atoms with E-state index >= 15 is 0 Å². The van der Waals surface area contributed by atoms with Gasteiger partial charge < -0.3 is 5.32 Å². The van der Waals surface area contributed by atoms with Crippen molar-refractivity contribution < 1.29 is 4.79 Å². The predicted octanol–water partition coefficient (Wildman–Crippen LogP) is 2.99. The van der Waals surface area contributed by atoms with Gasteiger partial charge in [-0.15, -0.1) is 0 Å².